The first-order valence-electron chi connectivity index (χ1n) is 9.93. The van der Waals surface area contributed by atoms with E-state index in [4.69, 9.17) is 0 Å². The average Bonchev–Trinajstić information content (AvgIpc) is 3.33. The molecule has 4 rings (SSSR count). The topological polar surface area (TPSA) is 101 Å². The van der Waals surface area contributed by atoms with Gasteiger partial charge in [0.25, 0.3) is 0 Å². The van der Waals surface area contributed by atoms with Crippen LogP contribution in [0.15, 0.2) is 59.1 Å². The lowest BCUT2D eigenvalue weighted by Gasteiger charge is -2.13. The maximum atomic E-state index is 12.8. The van der Waals surface area contributed by atoms with Crippen molar-refractivity contribution in [1.29, 1.82) is 5.26 Å². The number of hydrogen-bond acceptors (Lipinski definition) is 5. The number of nitrogens with zero attached hydrogens (tertiary/aromatic N) is 6. The number of aromatic nitrogens is 5. The summed E-state index contributed by atoms with van der Waals surface area (Å²) in [5.74, 6) is 0.569. The molecule has 0 radical (unpaired) electrons. The van der Waals surface area contributed by atoms with Crippen LogP contribution in [0.4, 0.5) is 5.82 Å². The highest BCUT2D eigenvalue weighted by Gasteiger charge is 2.20. The molecule has 0 fully saturated rings. The highest BCUT2D eigenvalue weighted by molar-refractivity contribution is 9.10. The number of carbonyl (C=O) groups is 1. The van der Waals surface area contributed by atoms with E-state index in [2.05, 4.69) is 42.7 Å². The second kappa shape index (κ2) is 9.16. The van der Waals surface area contributed by atoms with Gasteiger partial charge in [-0.25, -0.2) is 0 Å². The quantitative estimate of drug-likeness (QED) is 0.439. The average molecular weight is 490 g/mol. The predicted molar refractivity (Wildman–Crippen MR) is 124 cm³/mol. The van der Waals surface area contributed by atoms with Gasteiger partial charge in [0.1, 0.15) is 18.4 Å². The predicted octanol–water partition coefficient (Wildman–Crippen LogP) is 4.08. The number of carbonyl (C=O) groups excluding carboxylic acids is 1. The maximum Gasteiger partial charge on any atom is 0.249 e. The SMILES string of the molecule is Cc1c(C#N)c(NC(=O)Cn2nnc(-c3ccc(Br)cc3)n2)n(Cc2ccccc2)c1C. The normalized spacial score (nSPS) is 10.7. The van der Waals surface area contributed by atoms with Crippen LogP contribution in [0.3, 0.4) is 0 Å². The third-order valence-electron chi connectivity index (χ3n) is 5.22. The number of amides is 1. The van der Waals surface area contributed by atoms with Crippen molar-refractivity contribution in [2.45, 2.75) is 26.9 Å². The molecule has 0 aliphatic heterocycles. The van der Waals surface area contributed by atoms with Crippen LogP contribution in [0, 0.1) is 25.2 Å². The zero-order chi connectivity index (χ0) is 22.7. The number of nitrogens with one attached hydrogen (secondary N) is 1. The third-order valence-corrected chi connectivity index (χ3v) is 5.75. The summed E-state index contributed by atoms with van der Waals surface area (Å²) >= 11 is 3.39. The number of halogens is 1. The van der Waals surface area contributed by atoms with Crippen LogP contribution in [0.5, 0.6) is 0 Å². The highest BCUT2D eigenvalue weighted by atomic mass is 79.9. The van der Waals surface area contributed by atoms with E-state index in [0.29, 0.717) is 23.8 Å². The molecule has 0 atom stereocenters. The molecule has 2 aromatic heterocycles. The van der Waals surface area contributed by atoms with Gasteiger partial charge in [-0.2, -0.15) is 10.1 Å². The van der Waals surface area contributed by atoms with E-state index >= 15 is 0 Å². The molecule has 1 amide bonds. The van der Waals surface area contributed by atoms with Crippen LogP contribution in [0.2, 0.25) is 0 Å². The Morgan fingerprint density at radius 2 is 1.84 bits per heavy atom. The molecular formula is C23H20BrN7O. The Morgan fingerprint density at radius 1 is 1.12 bits per heavy atom. The van der Waals surface area contributed by atoms with Gasteiger partial charge in [-0.3, -0.25) is 4.79 Å². The summed E-state index contributed by atoms with van der Waals surface area (Å²) < 4.78 is 2.90. The Labute approximate surface area is 193 Å². The second-order valence-corrected chi connectivity index (χ2v) is 8.23. The van der Waals surface area contributed by atoms with Crippen molar-refractivity contribution in [3.8, 4) is 17.5 Å². The Balaban J connectivity index is 1.55. The van der Waals surface area contributed by atoms with Crippen molar-refractivity contribution in [3.05, 3.63) is 81.5 Å². The smallest absolute Gasteiger partial charge is 0.249 e. The molecule has 0 unspecified atom stereocenters. The first kappa shape index (κ1) is 21.5. The van der Waals surface area contributed by atoms with Gasteiger partial charge >= 0.3 is 0 Å². The molecule has 2 heterocycles. The Bertz CT molecular complexity index is 1300. The molecule has 4 aromatic rings. The lowest BCUT2D eigenvalue weighted by atomic mass is 10.2. The molecule has 32 heavy (non-hydrogen) atoms. The van der Waals surface area contributed by atoms with Crippen molar-refractivity contribution in [1.82, 2.24) is 24.8 Å². The van der Waals surface area contributed by atoms with Gasteiger partial charge in [0, 0.05) is 22.3 Å². The van der Waals surface area contributed by atoms with Crippen LogP contribution in [-0.4, -0.2) is 30.7 Å². The van der Waals surface area contributed by atoms with E-state index < -0.39 is 0 Å². The molecule has 0 bridgehead atoms. The number of nitriles is 1. The van der Waals surface area contributed by atoms with Crippen molar-refractivity contribution in [2.75, 3.05) is 5.32 Å². The fourth-order valence-corrected chi connectivity index (χ4v) is 3.68. The van der Waals surface area contributed by atoms with Gasteiger partial charge in [0.05, 0.1) is 5.56 Å². The molecule has 8 nitrogen and oxygen atoms in total. The second-order valence-electron chi connectivity index (χ2n) is 7.32. The zero-order valence-electron chi connectivity index (χ0n) is 17.6. The lowest BCUT2D eigenvalue weighted by molar-refractivity contribution is -0.117. The van der Waals surface area contributed by atoms with Crippen LogP contribution in [-0.2, 0) is 17.9 Å². The van der Waals surface area contributed by atoms with Crippen LogP contribution >= 0.6 is 15.9 Å². The van der Waals surface area contributed by atoms with Crippen molar-refractivity contribution in [2.24, 2.45) is 0 Å². The molecule has 0 saturated heterocycles. The molecule has 0 spiro atoms. The number of hydrogen-bond donors (Lipinski definition) is 1. The molecular weight excluding hydrogens is 470 g/mol. The van der Waals surface area contributed by atoms with Gasteiger partial charge in [-0.1, -0.05) is 46.3 Å². The van der Waals surface area contributed by atoms with Gasteiger partial charge in [-0.15, -0.1) is 10.2 Å². The Morgan fingerprint density at radius 3 is 2.53 bits per heavy atom. The fourth-order valence-electron chi connectivity index (χ4n) is 3.42. The number of anilines is 1. The van der Waals surface area contributed by atoms with E-state index in [1.54, 1.807) is 0 Å². The summed E-state index contributed by atoms with van der Waals surface area (Å²) in [7, 11) is 0. The molecule has 160 valence electrons. The summed E-state index contributed by atoms with van der Waals surface area (Å²) in [5.41, 5.74) is 4.10. The van der Waals surface area contributed by atoms with Crippen LogP contribution in [0.25, 0.3) is 11.4 Å². The molecule has 0 saturated carbocycles. The van der Waals surface area contributed by atoms with Crippen LogP contribution in [0.1, 0.15) is 22.4 Å². The summed E-state index contributed by atoms with van der Waals surface area (Å²) in [6.07, 6.45) is 0. The van der Waals surface area contributed by atoms with E-state index in [9.17, 15) is 10.1 Å². The molecule has 2 aromatic carbocycles. The van der Waals surface area contributed by atoms with Gasteiger partial charge in [0.15, 0.2) is 0 Å². The van der Waals surface area contributed by atoms with Gasteiger partial charge in [-0.05, 0) is 54.5 Å². The lowest BCUT2D eigenvalue weighted by Crippen LogP contribution is -2.23. The molecule has 0 aliphatic carbocycles. The minimum atomic E-state index is -0.340. The summed E-state index contributed by atoms with van der Waals surface area (Å²) in [5, 5.41) is 24.9. The van der Waals surface area contributed by atoms with E-state index in [-0.39, 0.29) is 12.5 Å². The highest BCUT2D eigenvalue weighted by Crippen LogP contribution is 2.27. The van der Waals surface area contributed by atoms with Crippen molar-refractivity contribution in [3.63, 3.8) is 0 Å². The van der Waals surface area contributed by atoms with Gasteiger partial charge in [0.2, 0.25) is 11.7 Å². The van der Waals surface area contributed by atoms with Crippen molar-refractivity contribution < 1.29 is 4.79 Å². The number of tetrazole rings is 1. The summed E-state index contributed by atoms with van der Waals surface area (Å²) in [6, 6.07) is 19.6. The minimum Gasteiger partial charge on any atom is -0.326 e. The first-order chi connectivity index (χ1) is 15.5. The number of rotatable bonds is 6. The van der Waals surface area contributed by atoms with E-state index in [0.717, 1.165) is 26.9 Å². The first-order valence-corrected chi connectivity index (χ1v) is 10.7. The molecule has 9 heteroatoms. The standard InChI is InChI=1S/C23H20BrN7O/c1-15-16(2)30(13-17-6-4-3-5-7-17)23(20(15)12-25)26-21(32)14-31-28-22(27-29-31)18-8-10-19(24)11-9-18/h3-11H,13-14H2,1-2H3,(H,26,32). The molecule has 1 N–H and O–H groups in total. The monoisotopic (exact) mass is 489 g/mol. The third kappa shape index (κ3) is 4.45. The maximum absolute atomic E-state index is 12.8. The van der Waals surface area contributed by atoms with Crippen molar-refractivity contribution >= 4 is 27.7 Å². The summed E-state index contributed by atoms with van der Waals surface area (Å²) in [4.78, 5) is 14.0. The largest absolute Gasteiger partial charge is 0.326 e. The fraction of sp³-hybridized carbons (Fsp3) is 0.174. The minimum absolute atomic E-state index is 0.122. The molecule has 0 aliphatic rings. The van der Waals surface area contributed by atoms with E-state index in [1.165, 1.54) is 4.80 Å². The Kier molecular flexibility index (Phi) is 6.14. The van der Waals surface area contributed by atoms with Crippen LogP contribution < -0.4 is 5.32 Å². The number of benzene rings is 2. The summed E-state index contributed by atoms with van der Waals surface area (Å²) in [6.45, 7) is 4.25. The van der Waals surface area contributed by atoms with E-state index in [1.807, 2.05) is 73.0 Å². The van der Waals surface area contributed by atoms with Gasteiger partial charge < -0.3 is 9.88 Å². The zero-order valence-corrected chi connectivity index (χ0v) is 19.2. The Hall–Kier alpha value is -3.77.